The molecule has 0 atom stereocenters. The summed E-state index contributed by atoms with van der Waals surface area (Å²) in [5.41, 5.74) is -0.630. The van der Waals surface area contributed by atoms with Crippen LogP contribution >= 0.6 is 0 Å². The summed E-state index contributed by atoms with van der Waals surface area (Å²) in [5, 5.41) is 19.5. The molecule has 1 rings (SSSR count). The maximum atomic E-state index is 11.6. The predicted octanol–water partition coefficient (Wildman–Crippen LogP) is 0.226. The van der Waals surface area contributed by atoms with E-state index in [1.807, 2.05) is 0 Å². The zero-order valence-electron chi connectivity index (χ0n) is 9.60. The van der Waals surface area contributed by atoms with E-state index in [9.17, 15) is 18.0 Å². The molecule has 1 aromatic rings. The summed E-state index contributed by atoms with van der Waals surface area (Å²) in [5.74, 6) is -3.82. The third kappa shape index (κ3) is 3.78. The number of hydrogen-bond donors (Lipinski definition) is 2. The van der Waals surface area contributed by atoms with Gasteiger partial charge in [-0.15, -0.1) is 0 Å². The highest BCUT2D eigenvalue weighted by atomic mass is 32.2. The van der Waals surface area contributed by atoms with Crippen LogP contribution in [0.4, 0.5) is 0 Å². The molecule has 0 fully saturated rings. The molecule has 102 valence electrons. The van der Waals surface area contributed by atoms with Gasteiger partial charge in [-0.25, -0.2) is 9.59 Å². The summed E-state index contributed by atoms with van der Waals surface area (Å²) in [6, 6.07) is 5.44. The minimum Gasteiger partial charge on any atom is -0.476 e. The van der Waals surface area contributed by atoms with Crippen molar-refractivity contribution < 1.29 is 32.5 Å². The van der Waals surface area contributed by atoms with E-state index in [1.165, 1.54) is 24.3 Å². The molecule has 0 aliphatic heterocycles. The average molecular weight is 287 g/mol. The number of nitrogens with zero attached hydrogens (tertiary/aromatic N) is 1. The second kappa shape index (κ2) is 5.48. The van der Waals surface area contributed by atoms with Gasteiger partial charge in [0.1, 0.15) is 4.90 Å². The number of aryl methyl sites for hydroxylation is 1. The Kier molecular flexibility index (Phi) is 4.22. The van der Waals surface area contributed by atoms with Crippen LogP contribution in [-0.2, 0) is 24.0 Å². The zero-order valence-corrected chi connectivity index (χ0v) is 10.4. The van der Waals surface area contributed by atoms with Gasteiger partial charge < -0.3 is 10.2 Å². The molecule has 0 aromatic heterocycles. The SMILES string of the molecule is Cc1ccc(S(=O)(=O)ON=C(C(=O)O)C(=O)O)cc1. The highest BCUT2D eigenvalue weighted by Crippen LogP contribution is 2.13. The molecule has 0 saturated heterocycles. The fraction of sp³-hybridized carbons (Fsp3) is 0.100. The number of carboxylic acid groups (broad SMARTS) is 2. The van der Waals surface area contributed by atoms with Crippen LogP contribution in [0.5, 0.6) is 0 Å². The Morgan fingerprint density at radius 2 is 1.58 bits per heavy atom. The van der Waals surface area contributed by atoms with Crippen molar-refractivity contribution in [1.29, 1.82) is 0 Å². The highest BCUT2D eigenvalue weighted by Gasteiger charge is 2.22. The lowest BCUT2D eigenvalue weighted by atomic mass is 10.2. The van der Waals surface area contributed by atoms with Crippen LogP contribution in [0.1, 0.15) is 5.56 Å². The predicted molar refractivity (Wildman–Crippen MR) is 62.2 cm³/mol. The van der Waals surface area contributed by atoms with Crippen LogP contribution in [0.3, 0.4) is 0 Å². The molecule has 9 heteroatoms. The topological polar surface area (TPSA) is 130 Å². The highest BCUT2D eigenvalue weighted by molar-refractivity contribution is 7.86. The second-order valence-corrected chi connectivity index (χ2v) is 4.92. The van der Waals surface area contributed by atoms with Crippen LogP contribution in [-0.4, -0.2) is 36.3 Å². The van der Waals surface area contributed by atoms with Crippen molar-refractivity contribution in [2.75, 3.05) is 0 Å². The lowest BCUT2D eigenvalue weighted by molar-refractivity contribution is -0.134. The van der Waals surface area contributed by atoms with E-state index in [4.69, 9.17) is 10.2 Å². The average Bonchev–Trinajstić information content (AvgIpc) is 2.28. The van der Waals surface area contributed by atoms with Crippen LogP contribution in [0.25, 0.3) is 0 Å². The van der Waals surface area contributed by atoms with Crippen molar-refractivity contribution in [3.05, 3.63) is 29.8 Å². The number of hydrogen-bond acceptors (Lipinski definition) is 6. The Hall–Kier alpha value is -2.42. The smallest absolute Gasteiger partial charge is 0.365 e. The molecule has 0 unspecified atom stereocenters. The molecule has 0 heterocycles. The third-order valence-electron chi connectivity index (χ3n) is 1.94. The number of carbonyl (C=O) groups is 2. The van der Waals surface area contributed by atoms with Gasteiger partial charge in [0.05, 0.1) is 0 Å². The Balaban J connectivity index is 3.04. The first kappa shape index (κ1) is 14.6. The molecule has 0 bridgehead atoms. The van der Waals surface area contributed by atoms with Gasteiger partial charge in [-0.05, 0) is 24.2 Å². The standard InChI is InChI=1S/C10H9NO7S/c1-6-2-4-7(5-3-6)19(16,17)18-11-8(9(12)13)10(14)15/h2-5H,1H3,(H,12,13)(H,14,15). The summed E-state index contributed by atoms with van der Waals surface area (Å²) < 4.78 is 27.2. The van der Waals surface area contributed by atoms with E-state index in [2.05, 4.69) is 9.44 Å². The Morgan fingerprint density at radius 3 is 2.00 bits per heavy atom. The van der Waals surface area contributed by atoms with E-state index in [0.717, 1.165) is 5.56 Å². The first-order valence-corrected chi connectivity index (χ1v) is 6.20. The summed E-state index contributed by atoms with van der Waals surface area (Å²) in [6.45, 7) is 1.74. The van der Waals surface area contributed by atoms with Crippen LogP contribution in [0.15, 0.2) is 34.3 Å². The number of rotatable bonds is 5. The molecular formula is C10H9NO7S. The molecule has 8 nitrogen and oxygen atoms in total. The summed E-state index contributed by atoms with van der Waals surface area (Å²) in [4.78, 5) is 20.6. The monoisotopic (exact) mass is 287 g/mol. The number of oxime groups is 1. The van der Waals surface area contributed by atoms with Gasteiger partial charge in [-0.1, -0.05) is 17.7 Å². The van der Waals surface area contributed by atoms with E-state index in [0.29, 0.717) is 0 Å². The zero-order chi connectivity index (χ0) is 14.6. The number of carboxylic acids is 2. The van der Waals surface area contributed by atoms with Crippen LogP contribution in [0.2, 0.25) is 0 Å². The molecular weight excluding hydrogens is 278 g/mol. The summed E-state index contributed by atoms with van der Waals surface area (Å²) >= 11 is 0. The van der Waals surface area contributed by atoms with Crippen molar-refractivity contribution in [1.82, 2.24) is 0 Å². The van der Waals surface area contributed by atoms with Gasteiger partial charge in [0.15, 0.2) is 0 Å². The van der Waals surface area contributed by atoms with Gasteiger partial charge in [-0.2, -0.15) is 8.42 Å². The first-order chi connectivity index (χ1) is 8.74. The minimum atomic E-state index is -4.35. The quantitative estimate of drug-likeness (QED) is 0.450. The molecule has 0 aliphatic rings. The molecule has 0 saturated carbocycles. The Bertz CT molecular complexity index is 614. The molecule has 0 amide bonds. The Labute approximate surface area is 108 Å². The first-order valence-electron chi connectivity index (χ1n) is 4.79. The third-order valence-corrected chi connectivity index (χ3v) is 3.06. The van der Waals surface area contributed by atoms with Crippen molar-refractivity contribution in [3.8, 4) is 0 Å². The Morgan fingerprint density at radius 1 is 1.11 bits per heavy atom. The molecule has 0 spiro atoms. The maximum absolute atomic E-state index is 11.6. The molecule has 0 aliphatic carbocycles. The van der Waals surface area contributed by atoms with Gasteiger partial charge in [0.2, 0.25) is 0 Å². The maximum Gasteiger partial charge on any atom is 0.365 e. The normalized spacial score (nSPS) is 10.6. The van der Waals surface area contributed by atoms with Gasteiger partial charge in [0, 0.05) is 0 Å². The lowest BCUT2D eigenvalue weighted by Crippen LogP contribution is -2.24. The van der Waals surface area contributed by atoms with Gasteiger partial charge in [-0.3, -0.25) is 4.28 Å². The second-order valence-electron chi connectivity index (χ2n) is 3.39. The molecule has 1 aromatic carbocycles. The largest absolute Gasteiger partial charge is 0.476 e. The summed E-state index contributed by atoms with van der Waals surface area (Å²) in [6.07, 6.45) is 0. The van der Waals surface area contributed by atoms with E-state index in [-0.39, 0.29) is 4.90 Å². The molecule has 0 radical (unpaired) electrons. The number of aliphatic carboxylic acids is 2. The van der Waals surface area contributed by atoms with Gasteiger partial charge >= 0.3 is 22.1 Å². The van der Waals surface area contributed by atoms with Gasteiger partial charge in [0.25, 0.3) is 5.71 Å². The lowest BCUT2D eigenvalue weighted by Gasteiger charge is -2.02. The van der Waals surface area contributed by atoms with E-state index >= 15 is 0 Å². The summed E-state index contributed by atoms with van der Waals surface area (Å²) in [7, 11) is -4.35. The van der Waals surface area contributed by atoms with Crippen molar-refractivity contribution in [3.63, 3.8) is 0 Å². The van der Waals surface area contributed by atoms with E-state index in [1.54, 1.807) is 6.92 Å². The fourth-order valence-corrected chi connectivity index (χ4v) is 1.73. The minimum absolute atomic E-state index is 0.267. The van der Waals surface area contributed by atoms with Crippen LogP contribution in [0, 0.1) is 6.92 Å². The van der Waals surface area contributed by atoms with Crippen LogP contribution < -0.4 is 0 Å². The van der Waals surface area contributed by atoms with Crippen molar-refractivity contribution in [2.24, 2.45) is 5.16 Å². The van der Waals surface area contributed by atoms with E-state index < -0.39 is 27.8 Å². The van der Waals surface area contributed by atoms with Crippen molar-refractivity contribution >= 4 is 27.8 Å². The number of benzene rings is 1. The molecule has 19 heavy (non-hydrogen) atoms. The molecule has 2 N–H and O–H groups in total. The fourth-order valence-electron chi connectivity index (χ4n) is 1.00. The van der Waals surface area contributed by atoms with Crippen molar-refractivity contribution in [2.45, 2.75) is 11.8 Å².